The van der Waals surface area contributed by atoms with Crippen LogP contribution in [0.5, 0.6) is 11.5 Å². The highest BCUT2D eigenvalue weighted by atomic mass is 16.5. The molecule has 1 aliphatic heterocycles. The smallest absolute Gasteiger partial charge is 0.327 e. The van der Waals surface area contributed by atoms with Crippen molar-refractivity contribution < 1.29 is 19.1 Å². The predicted molar refractivity (Wildman–Crippen MR) is 124 cm³/mol. The number of hydrogen-bond acceptors (Lipinski definition) is 7. The summed E-state index contributed by atoms with van der Waals surface area (Å²) in [6.45, 7) is 6.95. The molecule has 4 amide bonds. The first kappa shape index (κ1) is 24.1. The molecule has 10 heteroatoms. The molecule has 0 unspecified atom stereocenters. The van der Waals surface area contributed by atoms with Gasteiger partial charge in [-0.3, -0.25) is 20.2 Å². The van der Waals surface area contributed by atoms with Crippen LogP contribution < -0.4 is 20.7 Å². The number of rotatable bonds is 5. The first-order valence-corrected chi connectivity index (χ1v) is 10.8. The summed E-state index contributed by atoms with van der Waals surface area (Å²) in [7, 11) is 2.05. The first-order chi connectivity index (χ1) is 15.6. The maximum Gasteiger partial charge on any atom is 0.327 e. The quantitative estimate of drug-likeness (QED) is 0.633. The van der Waals surface area contributed by atoms with Crippen LogP contribution in [0.15, 0.2) is 36.7 Å². The van der Waals surface area contributed by atoms with Crippen molar-refractivity contribution in [1.29, 1.82) is 0 Å². The normalized spacial score (nSPS) is 14.9. The number of ether oxygens (including phenoxy) is 1. The van der Waals surface area contributed by atoms with Crippen molar-refractivity contribution in [1.82, 2.24) is 20.2 Å². The zero-order chi connectivity index (χ0) is 24.0. The fourth-order valence-corrected chi connectivity index (χ4v) is 3.13. The average Bonchev–Trinajstić information content (AvgIpc) is 2.75. The highest BCUT2D eigenvalue weighted by Crippen LogP contribution is 2.24. The van der Waals surface area contributed by atoms with Gasteiger partial charge in [-0.15, -0.1) is 0 Å². The number of imide groups is 1. The van der Waals surface area contributed by atoms with E-state index in [-0.39, 0.29) is 17.6 Å². The Morgan fingerprint density at radius 2 is 1.73 bits per heavy atom. The molecule has 0 bridgehead atoms. The summed E-state index contributed by atoms with van der Waals surface area (Å²) < 4.78 is 5.79. The van der Waals surface area contributed by atoms with Crippen molar-refractivity contribution >= 4 is 29.5 Å². The molecule has 33 heavy (non-hydrogen) atoms. The van der Waals surface area contributed by atoms with Crippen molar-refractivity contribution in [2.24, 2.45) is 11.3 Å². The zero-order valence-corrected chi connectivity index (χ0v) is 19.3. The lowest BCUT2D eigenvalue weighted by molar-refractivity contribution is -0.127. The van der Waals surface area contributed by atoms with Crippen molar-refractivity contribution in [2.75, 3.05) is 30.8 Å². The lowest BCUT2D eigenvalue weighted by atomic mass is 9.96. The van der Waals surface area contributed by atoms with Gasteiger partial charge in [-0.1, -0.05) is 20.8 Å². The Morgan fingerprint density at radius 3 is 2.36 bits per heavy atom. The van der Waals surface area contributed by atoms with Gasteiger partial charge in [0.15, 0.2) is 0 Å². The molecule has 10 nitrogen and oxygen atoms in total. The number of carbonyl (C=O) groups is 3. The second kappa shape index (κ2) is 10.4. The molecule has 0 radical (unpaired) electrons. The molecule has 2 aromatic rings. The Kier molecular flexibility index (Phi) is 7.59. The van der Waals surface area contributed by atoms with E-state index in [1.807, 2.05) is 0 Å². The number of likely N-dealkylation sites (tertiary alicyclic amines) is 1. The predicted octanol–water partition coefficient (Wildman–Crippen LogP) is 3.24. The number of carbonyl (C=O) groups excluding carboxylic acids is 3. The Morgan fingerprint density at radius 1 is 1.00 bits per heavy atom. The molecule has 176 valence electrons. The minimum atomic E-state index is -0.682. The molecule has 3 N–H and O–H groups in total. The van der Waals surface area contributed by atoms with E-state index >= 15 is 0 Å². The maximum absolute atomic E-state index is 12.5. The molecule has 0 aromatic carbocycles. The maximum atomic E-state index is 12.5. The number of pyridine rings is 2. The minimum Gasteiger partial charge on any atom is -0.456 e. The summed E-state index contributed by atoms with van der Waals surface area (Å²) in [5.74, 6) is 1.16. The molecule has 3 heterocycles. The van der Waals surface area contributed by atoms with E-state index in [9.17, 15) is 14.4 Å². The molecule has 0 aliphatic carbocycles. The van der Waals surface area contributed by atoms with Gasteiger partial charge in [-0.25, -0.2) is 14.8 Å². The van der Waals surface area contributed by atoms with Crippen LogP contribution >= 0.6 is 0 Å². The van der Waals surface area contributed by atoms with E-state index in [1.54, 1.807) is 51.2 Å². The van der Waals surface area contributed by atoms with Gasteiger partial charge in [0.05, 0.1) is 6.20 Å². The largest absolute Gasteiger partial charge is 0.456 e. The van der Waals surface area contributed by atoms with Crippen LogP contribution in [0.25, 0.3) is 0 Å². The van der Waals surface area contributed by atoms with Crippen LogP contribution in [0.4, 0.5) is 16.4 Å². The molecule has 3 rings (SSSR count). The molecular weight excluding hydrogens is 424 g/mol. The van der Waals surface area contributed by atoms with Crippen molar-refractivity contribution in [2.45, 2.75) is 33.6 Å². The third-order valence-corrected chi connectivity index (χ3v) is 5.19. The third-order valence-electron chi connectivity index (χ3n) is 5.19. The zero-order valence-electron chi connectivity index (χ0n) is 19.3. The molecule has 0 spiro atoms. The van der Waals surface area contributed by atoms with Crippen LogP contribution in [0.2, 0.25) is 0 Å². The van der Waals surface area contributed by atoms with Crippen molar-refractivity contribution in [3.63, 3.8) is 0 Å². The molecule has 2 aromatic heterocycles. The summed E-state index contributed by atoms with van der Waals surface area (Å²) >= 11 is 0. The van der Waals surface area contributed by atoms with Gasteiger partial charge in [-0.05, 0) is 51.2 Å². The average molecular weight is 455 g/mol. The number of aromatic nitrogens is 2. The van der Waals surface area contributed by atoms with E-state index in [1.165, 1.54) is 6.20 Å². The fraction of sp³-hybridized carbons (Fsp3) is 0.435. The Labute approximate surface area is 193 Å². The number of urea groups is 1. The SMILES string of the molecule is CN1CCC(C(=O)Nc2cc(Oc3ccc(NC(=O)NC(=O)C(C)(C)C)nc3)ccn2)CC1. The van der Waals surface area contributed by atoms with E-state index in [0.717, 1.165) is 25.9 Å². The Bertz CT molecular complexity index is 995. The minimum absolute atomic E-state index is 0.0206. The fourth-order valence-electron chi connectivity index (χ4n) is 3.13. The topological polar surface area (TPSA) is 126 Å². The molecule has 1 aliphatic rings. The summed E-state index contributed by atoms with van der Waals surface area (Å²) in [5, 5.41) is 7.63. The van der Waals surface area contributed by atoms with Gasteiger partial charge in [0, 0.05) is 23.6 Å². The van der Waals surface area contributed by atoms with Crippen molar-refractivity contribution in [3.8, 4) is 11.5 Å². The summed E-state index contributed by atoms with van der Waals surface area (Å²) in [5.41, 5.74) is -0.682. The van der Waals surface area contributed by atoms with Gasteiger partial charge in [0.2, 0.25) is 11.8 Å². The van der Waals surface area contributed by atoms with Gasteiger partial charge in [-0.2, -0.15) is 0 Å². The van der Waals surface area contributed by atoms with Crippen molar-refractivity contribution in [3.05, 3.63) is 36.7 Å². The van der Waals surface area contributed by atoms with Crippen LogP contribution in [0, 0.1) is 11.3 Å². The van der Waals surface area contributed by atoms with Crippen LogP contribution in [0.1, 0.15) is 33.6 Å². The van der Waals surface area contributed by atoms with Gasteiger partial charge >= 0.3 is 6.03 Å². The van der Waals surface area contributed by atoms with E-state index in [0.29, 0.717) is 17.3 Å². The van der Waals surface area contributed by atoms with Gasteiger partial charge in [0.25, 0.3) is 0 Å². The van der Waals surface area contributed by atoms with E-state index in [2.05, 4.69) is 37.9 Å². The van der Waals surface area contributed by atoms with Gasteiger partial charge < -0.3 is 15.0 Å². The molecule has 1 saturated heterocycles. The first-order valence-electron chi connectivity index (χ1n) is 10.8. The van der Waals surface area contributed by atoms with Crippen LogP contribution in [0.3, 0.4) is 0 Å². The third kappa shape index (κ3) is 7.25. The monoisotopic (exact) mass is 454 g/mol. The summed E-state index contributed by atoms with van der Waals surface area (Å²) in [6.07, 6.45) is 4.65. The summed E-state index contributed by atoms with van der Waals surface area (Å²) in [6, 6.07) is 5.84. The lowest BCUT2D eigenvalue weighted by Crippen LogP contribution is -2.41. The Balaban J connectivity index is 1.54. The lowest BCUT2D eigenvalue weighted by Gasteiger charge is -2.27. The number of piperidine rings is 1. The molecule has 0 saturated carbocycles. The number of anilines is 2. The number of nitrogens with one attached hydrogen (secondary N) is 3. The number of amides is 4. The van der Waals surface area contributed by atoms with Crippen LogP contribution in [-0.4, -0.2) is 52.9 Å². The molecule has 1 fully saturated rings. The van der Waals surface area contributed by atoms with Crippen LogP contribution in [-0.2, 0) is 9.59 Å². The second-order valence-corrected chi connectivity index (χ2v) is 9.08. The molecular formula is C23H30N6O4. The number of hydrogen-bond donors (Lipinski definition) is 3. The second-order valence-electron chi connectivity index (χ2n) is 9.08. The standard InChI is InChI=1S/C23H30N6O4/c1-23(2,3)21(31)28-22(32)27-18-6-5-17(14-25-18)33-16-7-10-24-19(13-16)26-20(30)15-8-11-29(4)12-9-15/h5-7,10,13-15H,8-9,11-12H2,1-4H3,(H,24,26,30)(H2,25,27,28,31,32). The van der Waals surface area contributed by atoms with E-state index < -0.39 is 17.4 Å². The molecule has 0 atom stereocenters. The van der Waals surface area contributed by atoms with Gasteiger partial charge in [0.1, 0.15) is 23.1 Å². The van der Waals surface area contributed by atoms with E-state index in [4.69, 9.17) is 4.74 Å². The highest BCUT2D eigenvalue weighted by molar-refractivity contribution is 6.02. The Hall–Kier alpha value is -3.53. The highest BCUT2D eigenvalue weighted by Gasteiger charge is 2.24. The summed E-state index contributed by atoms with van der Waals surface area (Å²) in [4.78, 5) is 46.9. The number of nitrogens with zero attached hydrogens (tertiary/aromatic N) is 3.